The van der Waals surface area contributed by atoms with Crippen LogP contribution in [0.4, 0.5) is 0 Å². The third-order valence-electron chi connectivity index (χ3n) is 2.96. The molecule has 0 aromatic carbocycles. The molecule has 2 rings (SSSR count). The minimum absolute atomic E-state index is 0.0845. The average molecular weight is 266 g/mol. The maximum atomic E-state index is 11.7. The second-order valence-corrected chi connectivity index (χ2v) is 4.62. The molecular weight excluding hydrogens is 252 g/mol. The van der Waals surface area contributed by atoms with E-state index in [2.05, 4.69) is 10.3 Å². The van der Waals surface area contributed by atoms with Crippen LogP contribution in [-0.4, -0.2) is 49.3 Å². The van der Waals surface area contributed by atoms with E-state index in [1.807, 2.05) is 6.92 Å². The first-order chi connectivity index (χ1) is 8.97. The molecule has 0 saturated carbocycles. The molecule has 1 aromatic rings. The van der Waals surface area contributed by atoms with E-state index in [1.54, 1.807) is 0 Å². The number of carboxylic acid groups (broad SMARTS) is 1. The first-order valence-electron chi connectivity index (χ1n) is 5.94. The van der Waals surface area contributed by atoms with Crippen molar-refractivity contribution in [2.45, 2.75) is 26.3 Å². The molecule has 1 N–H and O–H groups in total. The molecule has 2 amide bonds. The fraction of sp³-hybridized carbons (Fsp3) is 0.545. The predicted molar refractivity (Wildman–Crippen MR) is 62.1 cm³/mol. The van der Waals surface area contributed by atoms with Gasteiger partial charge in [-0.25, -0.2) is 9.48 Å². The lowest BCUT2D eigenvalue weighted by atomic mass is 9.98. The lowest BCUT2D eigenvalue weighted by Crippen LogP contribution is -2.44. The van der Waals surface area contributed by atoms with E-state index in [0.717, 1.165) is 0 Å². The van der Waals surface area contributed by atoms with Crippen LogP contribution in [-0.2, 0) is 16.1 Å². The molecule has 0 spiro atoms. The molecule has 1 aromatic heterocycles. The standard InChI is InChI=1S/C11H14N4O4/c1-7-4-9(16)15(10(17)5-7)3-2-14-6-8(11(18)19)12-13-14/h6-7H,2-5H2,1H3,(H,18,19). The molecule has 1 fully saturated rings. The number of carbonyl (C=O) groups is 3. The lowest BCUT2D eigenvalue weighted by molar-refractivity contribution is -0.149. The molecule has 1 saturated heterocycles. The van der Waals surface area contributed by atoms with Gasteiger partial charge in [-0.2, -0.15) is 0 Å². The highest BCUT2D eigenvalue weighted by Gasteiger charge is 2.29. The Balaban J connectivity index is 1.96. The summed E-state index contributed by atoms with van der Waals surface area (Å²) in [6.45, 7) is 2.29. The normalized spacial score (nSPS) is 17.0. The highest BCUT2D eigenvalue weighted by atomic mass is 16.4. The minimum atomic E-state index is -1.16. The first kappa shape index (κ1) is 13.2. The van der Waals surface area contributed by atoms with Crippen molar-refractivity contribution in [3.63, 3.8) is 0 Å². The molecule has 8 nitrogen and oxygen atoms in total. The van der Waals surface area contributed by atoms with Gasteiger partial charge in [0.25, 0.3) is 0 Å². The zero-order valence-corrected chi connectivity index (χ0v) is 10.4. The number of likely N-dealkylation sites (tertiary alicyclic amines) is 1. The zero-order valence-electron chi connectivity index (χ0n) is 10.4. The highest BCUT2D eigenvalue weighted by molar-refractivity contribution is 5.97. The number of hydrogen-bond acceptors (Lipinski definition) is 5. The third-order valence-corrected chi connectivity index (χ3v) is 2.96. The van der Waals surface area contributed by atoms with Gasteiger partial charge in [-0.05, 0) is 5.92 Å². The Morgan fingerprint density at radius 2 is 2.00 bits per heavy atom. The Hall–Kier alpha value is -2.25. The van der Waals surface area contributed by atoms with Gasteiger partial charge >= 0.3 is 5.97 Å². The van der Waals surface area contributed by atoms with E-state index in [0.29, 0.717) is 12.8 Å². The maximum absolute atomic E-state index is 11.7. The summed E-state index contributed by atoms with van der Waals surface area (Å²) < 4.78 is 1.31. The van der Waals surface area contributed by atoms with E-state index in [4.69, 9.17) is 5.11 Å². The van der Waals surface area contributed by atoms with Crippen LogP contribution in [0.25, 0.3) is 0 Å². The lowest BCUT2D eigenvalue weighted by Gasteiger charge is -2.28. The molecule has 1 aliphatic rings. The summed E-state index contributed by atoms with van der Waals surface area (Å²) in [6.07, 6.45) is 2.00. The summed E-state index contributed by atoms with van der Waals surface area (Å²) in [4.78, 5) is 35.3. The van der Waals surface area contributed by atoms with Gasteiger partial charge < -0.3 is 5.11 Å². The number of aromatic nitrogens is 3. The van der Waals surface area contributed by atoms with E-state index in [9.17, 15) is 14.4 Å². The van der Waals surface area contributed by atoms with Crippen molar-refractivity contribution in [1.82, 2.24) is 19.9 Å². The van der Waals surface area contributed by atoms with E-state index in [1.165, 1.54) is 15.8 Å². The van der Waals surface area contributed by atoms with Crippen LogP contribution in [0, 0.1) is 5.92 Å². The fourth-order valence-electron chi connectivity index (χ4n) is 1.99. The van der Waals surface area contributed by atoms with Crippen molar-refractivity contribution in [1.29, 1.82) is 0 Å². The van der Waals surface area contributed by atoms with Gasteiger partial charge in [-0.3, -0.25) is 14.5 Å². The molecular formula is C11H14N4O4. The van der Waals surface area contributed by atoms with E-state index < -0.39 is 5.97 Å². The Morgan fingerprint density at radius 1 is 1.37 bits per heavy atom. The van der Waals surface area contributed by atoms with Gasteiger partial charge in [0.15, 0.2) is 5.69 Å². The Morgan fingerprint density at radius 3 is 2.53 bits per heavy atom. The summed E-state index contributed by atoms with van der Waals surface area (Å²) >= 11 is 0. The molecule has 102 valence electrons. The smallest absolute Gasteiger partial charge is 0.358 e. The number of rotatable bonds is 4. The molecule has 0 radical (unpaired) electrons. The monoisotopic (exact) mass is 266 g/mol. The van der Waals surface area contributed by atoms with Crippen LogP contribution < -0.4 is 0 Å². The van der Waals surface area contributed by atoms with Crippen LogP contribution in [0.1, 0.15) is 30.3 Å². The molecule has 8 heteroatoms. The van der Waals surface area contributed by atoms with Gasteiger partial charge in [0.2, 0.25) is 11.8 Å². The Labute approximate surface area is 109 Å². The molecule has 19 heavy (non-hydrogen) atoms. The summed E-state index contributed by atoms with van der Waals surface area (Å²) in [5.41, 5.74) is -0.162. The van der Waals surface area contributed by atoms with Crippen molar-refractivity contribution < 1.29 is 19.5 Å². The zero-order chi connectivity index (χ0) is 14.0. The van der Waals surface area contributed by atoms with Gasteiger partial charge in [-0.15, -0.1) is 5.10 Å². The summed E-state index contributed by atoms with van der Waals surface area (Å²) in [6, 6.07) is 0. The van der Waals surface area contributed by atoms with Crippen LogP contribution in [0.2, 0.25) is 0 Å². The number of nitrogens with zero attached hydrogens (tertiary/aromatic N) is 4. The molecule has 0 aliphatic carbocycles. The SMILES string of the molecule is CC1CC(=O)N(CCn2cc(C(=O)O)nn2)C(=O)C1. The second kappa shape index (κ2) is 5.17. The number of imide groups is 1. The fourth-order valence-corrected chi connectivity index (χ4v) is 1.99. The predicted octanol–water partition coefficient (Wildman–Crippen LogP) is -0.239. The number of carboxylic acids is 1. The van der Waals surface area contributed by atoms with E-state index >= 15 is 0 Å². The van der Waals surface area contributed by atoms with Gasteiger partial charge in [0.1, 0.15) is 0 Å². The number of amides is 2. The number of hydrogen-bond donors (Lipinski definition) is 1. The molecule has 0 atom stereocenters. The van der Waals surface area contributed by atoms with Crippen molar-refractivity contribution in [2.75, 3.05) is 6.54 Å². The third kappa shape index (κ3) is 2.95. The van der Waals surface area contributed by atoms with Crippen LogP contribution in [0.15, 0.2) is 6.20 Å². The second-order valence-electron chi connectivity index (χ2n) is 4.62. The average Bonchev–Trinajstić information content (AvgIpc) is 2.76. The molecule has 2 heterocycles. The highest BCUT2D eigenvalue weighted by Crippen LogP contribution is 2.18. The van der Waals surface area contributed by atoms with Gasteiger partial charge in [-0.1, -0.05) is 12.1 Å². The van der Waals surface area contributed by atoms with Crippen molar-refractivity contribution >= 4 is 17.8 Å². The summed E-state index contributed by atoms with van der Waals surface area (Å²) in [7, 11) is 0. The van der Waals surface area contributed by atoms with E-state index in [-0.39, 0.29) is 36.5 Å². The van der Waals surface area contributed by atoms with Gasteiger partial charge in [0, 0.05) is 19.4 Å². The molecule has 1 aliphatic heterocycles. The van der Waals surface area contributed by atoms with Gasteiger partial charge in [0.05, 0.1) is 12.7 Å². The first-order valence-corrected chi connectivity index (χ1v) is 5.94. The van der Waals surface area contributed by atoms with Crippen LogP contribution in [0.5, 0.6) is 0 Å². The van der Waals surface area contributed by atoms with Crippen LogP contribution >= 0.6 is 0 Å². The minimum Gasteiger partial charge on any atom is -0.476 e. The number of piperidine rings is 1. The number of carbonyl (C=O) groups excluding carboxylic acids is 2. The summed E-state index contributed by atoms with van der Waals surface area (Å²) in [5, 5.41) is 15.8. The maximum Gasteiger partial charge on any atom is 0.358 e. The Kier molecular flexibility index (Phi) is 3.59. The van der Waals surface area contributed by atoms with Crippen molar-refractivity contribution in [2.24, 2.45) is 5.92 Å². The topological polar surface area (TPSA) is 105 Å². The van der Waals surface area contributed by atoms with Crippen molar-refractivity contribution in [3.05, 3.63) is 11.9 Å². The van der Waals surface area contributed by atoms with Crippen LogP contribution in [0.3, 0.4) is 0 Å². The quantitative estimate of drug-likeness (QED) is 0.754. The van der Waals surface area contributed by atoms with Crippen molar-refractivity contribution in [3.8, 4) is 0 Å². The Bertz CT molecular complexity index is 507. The largest absolute Gasteiger partial charge is 0.476 e. The summed E-state index contributed by atoms with van der Waals surface area (Å²) in [5.74, 6) is -1.46. The molecule has 0 bridgehead atoms. The number of aromatic carboxylic acids is 1. The molecule has 0 unspecified atom stereocenters.